The lowest BCUT2D eigenvalue weighted by Gasteiger charge is -2.30. The van der Waals surface area contributed by atoms with Crippen molar-refractivity contribution in [3.8, 4) is 0 Å². The highest BCUT2D eigenvalue weighted by Gasteiger charge is 2.24. The average molecular weight is 293 g/mol. The van der Waals surface area contributed by atoms with E-state index in [1.807, 2.05) is 13.8 Å². The molecule has 0 unspecified atom stereocenters. The van der Waals surface area contributed by atoms with Gasteiger partial charge in [-0.15, -0.1) is 0 Å². The molecule has 0 atom stereocenters. The number of hydrogen-bond donors (Lipinski definition) is 2. The maximum absolute atomic E-state index is 12.1. The molecular weight excluding hydrogens is 272 g/mol. The highest BCUT2D eigenvalue weighted by Crippen LogP contribution is 2.22. The van der Waals surface area contributed by atoms with E-state index in [0.29, 0.717) is 29.8 Å². The van der Waals surface area contributed by atoms with Gasteiger partial charge in [0.25, 0.3) is 5.76 Å². The molecule has 0 aliphatic heterocycles. The summed E-state index contributed by atoms with van der Waals surface area (Å²) < 4.78 is 29.6. The molecular formula is C13H21F2NO2S. The molecule has 0 amide bonds. The van der Waals surface area contributed by atoms with Crippen LogP contribution < -0.4 is 5.32 Å². The topological polar surface area (TPSA) is 45.4 Å². The van der Waals surface area contributed by atoms with E-state index in [4.69, 9.17) is 4.42 Å². The third-order valence-corrected chi connectivity index (χ3v) is 4.07. The predicted octanol–water partition coefficient (Wildman–Crippen LogP) is 3.38. The SMILES string of the molecule is CCC(CC)(CO)NCc1ccc(CSC(F)F)o1. The molecule has 110 valence electrons. The fourth-order valence-corrected chi connectivity index (χ4v) is 2.24. The third-order valence-electron chi connectivity index (χ3n) is 3.36. The second-order valence-electron chi connectivity index (χ2n) is 4.44. The number of aliphatic hydroxyl groups is 1. The van der Waals surface area contributed by atoms with Crippen LogP contribution >= 0.6 is 11.8 Å². The largest absolute Gasteiger partial charge is 0.464 e. The Bertz CT molecular complexity index is 359. The second kappa shape index (κ2) is 7.87. The number of furan rings is 1. The molecule has 0 saturated carbocycles. The van der Waals surface area contributed by atoms with E-state index in [1.54, 1.807) is 12.1 Å². The minimum absolute atomic E-state index is 0.0643. The Morgan fingerprint density at radius 1 is 1.32 bits per heavy atom. The van der Waals surface area contributed by atoms with Gasteiger partial charge in [-0.3, -0.25) is 0 Å². The predicted molar refractivity (Wildman–Crippen MR) is 73.2 cm³/mol. The zero-order valence-corrected chi connectivity index (χ0v) is 12.1. The summed E-state index contributed by atoms with van der Waals surface area (Å²) in [6, 6.07) is 3.49. The molecule has 0 aliphatic rings. The van der Waals surface area contributed by atoms with E-state index in [9.17, 15) is 13.9 Å². The Balaban J connectivity index is 2.49. The summed E-state index contributed by atoms with van der Waals surface area (Å²) in [6.07, 6.45) is 1.63. The van der Waals surface area contributed by atoms with E-state index in [1.165, 1.54) is 0 Å². The Morgan fingerprint density at radius 3 is 2.47 bits per heavy atom. The number of rotatable bonds is 9. The Hall–Kier alpha value is -0.590. The van der Waals surface area contributed by atoms with Crippen LogP contribution in [0.5, 0.6) is 0 Å². The van der Waals surface area contributed by atoms with Gasteiger partial charge in [0.05, 0.1) is 18.9 Å². The van der Waals surface area contributed by atoms with Crippen molar-refractivity contribution in [2.75, 3.05) is 6.61 Å². The first-order chi connectivity index (χ1) is 9.05. The van der Waals surface area contributed by atoms with Crippen LogP contribution in [0.1, 0.15) is 38.2 Å². The Morgan fingerprint density at radius 2 is 1.95 bits per heavy atom. The molecule has 3 nitrogen and oxygen atoms in total. The minimum atomic E-state index is -2.38. The number of aliphatic hydroxyl groups excluding tert-OH is 1. The molecule has 1 aromatic rings. The summed E-state index contributed by atoms with van der Waals surface area (Å²) in [5, 5.41) is 12.7. The van der Waals surface area contributed by atoms with Crippen molar-refractivity contribution in [3.05, 3.63) is 23.7 Å². The third kappa shape index (κ3) is 5.12. The van der Waals surface area contributed by atoms with Crippen LogP contribution in [-0.2, 0) is 12.3 Å². The van der Waals surface area contributed by atoms with Crippen LogP contribution in [0.25, 0.3) is 0 Å². The summed E-state index contributed by atoms with van der Waals surface area (Å²) >= 11 is 0.547. The zero-order valence-electron chi connectivity index (χ0n) is 11.3. The molecule has 0 aliphatic carbocycles. The molecule has 6 heteroatoms. The first-order valence-electron chi connectivity index (χ1n) is 6.38. The monoisotopic (exact) mass is 293 g/mol. The molecule has 2 N–H and O–H groups in total. The van der Waals surface area contributed by atoms with E-state index in [2.05, 4.69) is 5.32 Å². The van der Waals surface area contributed by atoms with Crippen molar-refractivity contribution in [1.82, 2.24) is 5.32 Å². The van der Waals surface area contributed by atoms with Crippen LogP contribution in [0.4, 0.5) is 8.78 Å². The van der Waals surface area contributed by atoms with Crippen molar-refractivity contribution >= 4 is 11.8 Å². The molecule has 0 fully saturated rings. The van der Waals surface area contributed by atoms with E-state index >= 15 is 0 Å². The van der Waals surface area contributed by atoms with Crippen molar-refractivity contribution in [1.29, 1.82) is 0 Å². The van der Waals surface area contributed by atoms with Gasteiger partial charge in [0.15, 0.2) is 0 Å². The molecule has 1 rings (SSSR count). The molecule has 0 saturated heterocycles. The quantitative estimate of drug-likeness (QED) is 0.732. The van der Waals surface area contributed by atoms with Crippen molar-refractivity contribution in [3.63, 3.8) is 0 Å². The first-order valence-corrected chi connectivity index (χ1v) is 7.43. The van der Waals surface area contributed by atoms with Gasteiger partial charge in [-0.05, 0) is 25.0 Å². The zero-order chi connectivity index (χ0) is 14.3. The van der Waals surface area contributed by atoms with Gasteiger partial charge in [0.2, 0.25) is 0 Å². The molecule has 0 aromatic carbocycles. The molecule has 0 spiro atoms. The summed E-state index contributed by atoms with van der Waals surface area (Å²) in [5.74, 6) is -0.965. The summed E-state index contributed by atoms with van der Waals surface area (Å²) in [5.41, 5.74) is -0.301. The van der Waals surface area contributed by atoms with Gasteiger partial charge in [0, 0.05) is 5.54 Å². The standard InChI is InChI=1S/C13H21F2NO2S/c1-3-13(4-2,9-17)16-7-10-5-6-11(18-10)8-19-12(14)15/h5-6,12,16-17H,3-4,7-9H2,1-2H3. The van der Waals surface area contributed by atoms with Gasteiger partial charge >= 0.3 is 0 Å². The fourth-order valence-electron chi connectivity index (χ4n) is 1.79. The lowest BCUT2D eigenvalue weighted by atomic mass is 9.94. The lowest BCUT2D eigenvalue weighted by Crippen LogP contribution is -2.46. The molecule has 1 heterocycles. The number of thioether (sulfide) groups is 1. The highest BCUT2D eigenvalue weighted by molar-refractivity contribution is 7.98. The fraction of sp³-hybridized carbons (Fsp3) is 0.692. The minimum Gasteiger partial charge on any atom is -0.464 e. The van der Waals surface area contributed by atoms with Crippen LogP contribution in [0.15, 0.2) is 16.5 Å². The van der Waals surface area contributed by atoms with Gasteiger partial charge < -0.3 is 14.8 Å². The summed E-state index contributed by atoms with van der Waals surface area (Å²) in [7, 11) is 0. The number of halogens is 2. The average Bonchev–Trinajstić information content (AvgIpc) is 2.87. The number of alkyl halides is 2. The molecule has 1 aromatic heterocycles. The molecule has 19 heavy (non-hydrogen) atoms. The van der Waals surface area contributed by atoms with Crippen LogP contribution in [0, 0.1) is 0 Å². The van der Waals surface area contributed by atoms with Crippen LogP contribution in [0.3, 0.4) is 0 Å². The number of hydrogen-bond acceptors (Lipinski definition) is 4. The van der Waals surface area contributed by atoms with Gasteiger partial charge in [0.1, 0.15) is 11.5 Å². The Labute approximate surface area is 116 Å². The maximum Gasteiger partial charge on any atom is 0.284 e. The van der Waals surface area contributed by atoms with Crippen molar-refractivity contribution in [2.24, 2.45) is 0 Å². The lowest BCUT2D eigenvalue weighted by molar-refractivity contribution is 0.147. The van der Waals surface area contributed by atoms with Crippen molar-refractivity contribution in [2.45, 2.75) is 50.3 Å². The summed E-state index contributed by atoms with van der Waals surface area (Å²) in [4.78, 5) is 0. The smallest absolute Gasteiger partial charge is 0.284 e. The summed E-state index contributed by atoms with van der Waals surface area (Å²) in [6.45, 7) is 4.58. The second-order valence-corrected chi connectivity index (χ2v) is 5.42. The van der Waals surface area contributed by atoms with Gasteiger partial charge in [-0.1, -0.05) is 25.6 Å². The molecule has 0 radical (unpaired) electrons. The Kier molecular flexibility index (Phi) is 6.82. The van der Waals surface area contributed by atoms with Crippen LogP contribution in [-0.4, -0.2) is 23.0 Å². The maximum atomic E-state index is 12.1. The highest BCUT2D eigenvalue weighted by atomic mass is 32.2. The number of nitrogens with one attached hydrogen (secondary N) is 1. The van der Waals surface area contributed by atoms with E-state index in [-0.39, 0.29) is 17.9 Å². The van der Waals surface area contributed by atoms with Gasteiger partial charge in [-0.25, -0.2) is 0 Å². The molecule has 0 bridgehead atoms. The van der Waals surface area contributed by atoms with Gasteiger partial charge in [-0.2, -0.15) is 8.78 Å². The normalized spacial score (nSPS) is 12.3. The van der Waals surface area contributed by atoms with Crippen LogP contribution in [0.2, 0.25) is 0 Å². The van der Waals surface area contributed by atoms with E-state index < -0.39 is 5.76 Å². The first kappa shape index (κ1) is 16.5. The van der Waals surface area contributed by atoms with E-state index in [0.717, 1.165) is 12.8 Å². The van der Waals surface area contributed by atoms with Crippen molar-refractivity contribution < 1.29 is 18.3 Å².